The number of ether oxygens (including phenoxy) is 1. The highest BCUT2D eigenvalue weighted by atomic mass is 35.5. The fraction of sp³-hybridized carbons (Fsp3) is 0. The molecule has 0 bridgehead atoms. The second-order valence-electron chi connectivity index (χ2n) is 2.61. The van der Waals surface area contributed by atoms with Crippen LogP contribution in [0.15, 0.2) is 18.5 Å². The van der Waals surface area contributed by atoms with Gasteiger partial charge in [-0.3, -0.25) is 0 Å². The maximum absolute atomic E-state index is 5.83. The van der Waals surface area contributed by atoms with Crippen LogP contribution in [-0.2, 0) is 0 Å². The third-order valence-corrected chi connectivity index (χ3v) is 2.86. The van der Waals surface area contributed by atoms with Gasteiger partial charge in [0.25, 0.3) is 5.19 Å². The summed E-state index contributed by atoms with van der Waals surface area (Å²) in [4.78, 5) is 3.86. The molecule has 1 aromatic carbocycles. The first-order valence-electron chi connectivity index (χ1n) is 3.86. The fourth-order valence-electron chi connectivity index (χ4n) is 0.934. The number of rotatable bonds is 2. The Bertz CT molecular complexity index is 475. The van der Waals surface area contributed by atoms with Crippen LogP contribution >= 0.6 is 34.7 Å². The molecule has 0 unspecified atom stereocenters. The highest BCUT2D eigenvalue weighted by molar-refractivity contribution is 7.07. The Morgan fingerprint density at radius 2 is 2.00 bits per heavy atom. The van der Waals surface area contributed by atoms with E-state index in [-0.39, 0.29) is 0 Å². The van der Waals surface area contributed by atoms with Crippen LogP contribution in [0, 0.1) is 0 Å². The van der Waals surface area contributed by atoms with Gasteiger partial charge in [-0.1, -0.05) is 23.2 Å². The molecule has 7 heteroatoms. The van der Waals surface area contributed by atoms with Gasteiger partial charge in [-0.2, -0.15) is 9.36 Å². The average molecular weight is 262 g/mol. The van der Waals surface area contributed by atoms with Crippen molar-refractivity contribution in [2.45, 2.75) is 0 Å². The van der Waals surface area contributed by atoms with Crippen molar-refractivity contribution in [3.8, 4) is 10.9 Å². The zero-order chi connectivity index (χ0) is 10.8. The molecule has 0 fully saturated rings. The lowest BCUT2D eigenvalue weighted by Gasteiger charge is -2.06. The molecule has 0 spiro atoms. The Balaban J connectivity index is 2.33. The van der Waals surface area contributed by atoms with Crippen molar-refractivity contribution in [2.24, 2.45) is 0 Å². The lowest BCUT2D eigenvalue weighted by Crippen LogP contribution is -1.92. The number of nitrogen functional groups attached to an aromatic ring is 1. The Labute approximate surface area is 99.8 Å². The normalized spacial score (nSPS) is 10.3. The minimum atomic E-state index is 0.380. The van der Waals surface area contributed by atoms with Crippen molar-refractivity contribution in [1.29, 1.82) is 0 Å². The summed E-state index contributed by atoms with van der Waals surface area (Å²) >= 11 is 12.7. The van der Waals surface area contributed by atoms with E-state index >= 15 is 0 Å². The number of nitrogens with zero attached hydrogens (tertiary/aromatic N) is 2. The zero-order valence-corrected chi connectivity index (χ0v) is 9.60. The maximum atomic E-state index is 5.83. The molecule has 0 aliphatic rings. The Morgan fingerprint density at radius 3 is 2.67 bits per heavy atom. The SMILES string of the molecule is Nc1cc(Cl)c(Cl)cc1Oc1ncns1. The molecule has 2 aromatic rings. The van der Waals surface area contributed by atoms with E-state index in [2.05, 4.69) is 9.36 Å². The van der Waals surface area contributed by atoms with Gasteiger partial charge in [-0.25, -0.2) is 0 Å². The number of hydrogen-bond donors (Lipinski definition) is 1. The first-order valence-corrected chi connectivity index (χ1v) is 5.39. The monoisotopic (exact) mass is 261 g/mol. The molecule has 15 heavy (non-hydrogen) atoms. The van der Waals surface area contributed by atoms with Crippen LogP contribution < -0.4 is 10.5 Å². The Morgan fingerprint density at radius 1 is 1.27 bits per heavy atom. The predicted octanol–water partition coefficient (Wildman–Crippen LogP) is 3.22. The molecule has 4 nitrogen and oxygen atoms in total. The van der Waals surface area contributed by atoms with Gasteiger partial charge in [0.1, 0.15) is 6.33 Å². The average Bonchev–Trinajstić information content (AvgIpc) is 2.67. The predicted molar refractivity (Wildman–Crippen MR) is 60.9 cm³/mol. The third-order valence-electron chi connectivity index (χ3n) is 1.59. The van der Waals surface area contributed by atoms with Gasteiger partial charge in [0, 0.05) is 17.6 Å². The number of nitrogens with two attached hydrogens (primary N) is 1. The van der Waals surface area contributed by atoms with E-state index in [0.29, 0.717) is 26.7 Å². The van der Waals surface area contributed by atoms with Gasteiger partial charge in [0.2, 0.25) is 0 Å². The van der Waals surface area contributed by atoms with Crippen LogP contribution in [0.2, 0.25) is 10.0 Å². The lowest BCUT2D eigenvalue weighted by molar-refractivity contribution is 0.481. The van der Waals surface area contributed by atoms with Crippen LogP contribution in [0.1, 0.15) is 0 Å². The zero-order valence-electron chi connectivity index (χ0n) is 7.28. The van der Waals surface area contributed by atoms with Gasteiger partial charge in [0.05, 0.1) is 15.7 Å². The largest absolute Gasteiger partial charge is 0.428 e. The summed E-state index contributed by atoms with van der Waals surface area (Å²) in [7, 11) is 0. The third kappa shape index (κ3) is 2.31. The molecule has 2 rings (SSSR count). The minimum Gasteiger partial charge on any atom is -0.428 e. The quantitative estimate of drug-likeness (QED) is 0.844. The summed E-state index contributed by atoms with van der Waals surface area (Å²) in [6.07, 6.45) is 1.40. The maximum Gasteiger partial charge on any atom is 0.298 e. The van der Waals surface area contributed by atoms with Crippen molar-refractivity contribution in [3.63, 3.8) is 0 Å². The molecule has 1 heterocycles. The van der Waals surface area contributed by atoms with E-state index in [0.717, 1.165) is 11.5 Å². The second-order valence-corrected chi connectivity index (χ2v) is 4.17. The van der Waals surface area contributed by atoms with Crippen LogP contribution in [0.5, 0.6) is 10.9 Å². The molecule has 2 N–H and O–H groups in total. The molecular formula is C8H5Cl2N3OS. The summed E-state index contributed by atoms with van der Waals surface area (Å²) < 4.78 is 9.16. The van der Waals surface area contributed by atoms with Gasteiger partial charge in [0.15, 0.2) is 5.75 Å². The highest BCUT2D eigenvalue weighted by Gasteiger charge is 2.08. The summed E-state index contributed by atoms with van der Waals surface area (Å²) in [5, 5.41) is 1.17. The topological polar surface area (TPSA) is 61.0 Å². The molecule has 0 aliphatic carbocycles. The van der Waals surface area contributed by atoms with Crippen molar-refractivity contribution < 1.29 is 4.74 Å². The lowest BCUT2D eigenvalue weighted by atomic mass is 10.3. The molecule has 0 amide bonds. The van der Waals surface area contributed by atoms with E-state index < -0.39 is 0 Å². The first-order chi connectivity index (χ1) is 7.16. The number of hydrogen-bond acceptors (Lipinski definition) is 5. The summed E-state index contributed by atoms with van der Waals surface area (Å²) in [5.74, 6) is 0.418. The minimum absolute atomic E-state index is 0.380. The molecule has 1 aromatic heterocycles. The van der Waals surface area contributed by atoms with Crippen molar-refractivity contribution in [1.82, 2.24) is 9.36 Å². The van der Waals surface area contributed by atoms with Gasteiger partial charge in [-0.15, -0.1) is 0 Å². The fourth-order valence-corrected chi connectivity index (χ4v) is 1.67. The van der Waals surface area contributed by atoms with E-state index in [9.17, 15) is 0 Å². The number of anilines is 1. The molecular weight excluding hydrogens is 257 g/mol. The van der Waals surface area contributed by atoms with E-state index in [1.807, 2.05) is 0 Å². The first kappa shape index (κ1) is 10.5. The van der Waals surface area contributed by atoms with Gasteiger partial charge >= 0.3 is 0 Å². The van der Waals surface area contributed by atoms with E-state index in [4.69, 9.17) is 33.7 Å². The molecule has 0 saturated heterocycles. The van der Waals surface area contributed by atoms with Crippen LogP contribution in [0.3, 0.4) is 0 Å². The molecule has 0 atom stereocenters. The second kappa shape index (κ2) is 4.22. The number of aromatic nitrogens is 2. The van der Waals surface area contributed by atoms with Crippen LogP contribution in [0.25, 0.3) is 0 Å². The summed E-state index contributed by atoms with van der Waals surface area (Å²) in [6.45, 7) is 0. The summed E-state index contributed by atoms with van der Waals surface area (Å²) in [5.41, 5.74) is 6.10. The molecule has 78 valence electrons. The van der Waals surface area contributed by atoms with E-state index in [1.165, 1.54) is 12.4 Å². The van der Waals surface area contributed by atoms with E-state index in [1.54, 1.807) is 6.07 Å². The van der Waals surface area contributed by atoms with Gasteiger partial charge in [-0.05, 0) is 6.07 Å². The van der Waals surface area contributed by atoms with Crippen LogP contribution in [0.4, 0.5) is 5.69 Å². The standard InChI is InChI=1S/C8H5Cl2N3OS/c9-4-1-6(11)7(2-5(4)10)14-8-12-3-13-15-8/h1-3H,11H2. The molecule has 0 radical (unpaired) electrons. The van der Waals surface area contributed by atoms with Crippen molar-refractivity contribution in [2.75, 3.05) is 5.73 Å². The van der Waals surface area contributed by atoms with Crippen molar-refractivity contribution >= 4 is 40.4 Å². The smallest absolute Gasteiger partial charge is 0.298 e. The van der Waals surface area contributed by atoms with Crippen molar-refractivity contribution in [3.05, 3.63) is 28.5 Å². The summed E-state index contributed by atoms with van der Waals surface area (Å²) in [6, 6.07) is 3.07. The highest BCUT2D eigenvalue weighted by Crippen LogP contribution is 2.35. The number of benzene rings is 1. The Hall–Kier alpha value is -1.04. The Kier molecular flexibility index (Phi) is 2.95. The van der Waals surface area contributed by atoms with Gasteiger partial charge < -0.3 is 10.5 Å². The molecule has 0 saturated carbocycles. The number of halogens is 2. The van der Waals surface area contributed by atoms with Crippen LogP contribution in [-0.4, -0.2) is 9.36 Å². The molecule has 0 aliphatic heterocycles.